The van der Waals surface area contributed by atoms with Crippen molar-refractivity contribution in [2.45, 2.75) is 90.3 Å². The van der Waals surface area contributed by atoms with Crippen LogP contribution in [0.15, 0.2) is 12.7 Å². The number of esters is 1. The normalized spacial score (nSPS) is 20.5. The summed E-state index contributed by atoms with van der Waals surface area (Å²) in [7, 11) is 0. The molecule has 126 valence electrons. The Bertz CT molecular complexity index is 408. The molecule has 22 heavy (non-hydrogen) atoms. The topological polar surface area (TPSA) is 46.6 Å². The van der Waals surface area contributed by atoms with Crippen molar-refractivity contribution in [1.29, 1.82) is 0 Å². The van der Waals surface area contributed by atoms with Crippen molar-refractivity contribution in [2.75, 3.05) is 0 Å². The molecule has 0 atom stereocenters. The van der Waals surface area contributed by atoms with Crippen LogP contribution in [0, 0.1) is 0 Å². The number of unbranched alkanes of at least 4 members (excludes halogenated alkanes) is 2. The number of carbonyl (C=O) groups excluding carboxylic acids is 2. The molecule has 0 saturated carbocycles. The zero-order valence-corrected chi connectivity index (χ0v) is 14.8. The maximum atomic E-state index is 12.2. The molecule has 1 rings (SSSR count). The molecule has 0 aromatic rings. The highest BCUT2D eigenvalue weighted by Gasteiger charge is 2.48. The van der Waals surface area contributed by atoms with E-state index in [-0.39, 0.29) is 29.1 Å². The number of amides is 1. The van der Waals surface area contributed by atoms with Crippen molar-refractivity contribution in [3.8, 4) is 0 Å². The third-order valence-electron chi connectivity index (χ3n) is 4.34. The quantitative estimate of drug-likeness (QED) is 0.425. The van der Waals surface area contributed by atoms with E-state index >= 15 is 0 Å². The van der Waals surface area contributed by atoms with Crippen molar-refractivity contribution in [3.05, 3.63) is 12.7 Å². The molecule has 1 aliphatic heterocycles. The van der Waals surface area contributed by atoms with E-state index in [9.17, 15) is 9.59 Å². The summed E-state index contributed by atoms with van der Waals surface area (Å²) >= 11 is 0. The van der Waals surface area contributed by atoms with Crippen molar-refractivity contribution >= 4 is 11.9 Å². The molecular formula is C18H31NO3. The van der Waals surface area contributed by atoms with Crippen LogP contribution in [0.1, 0.15) is 73.1 Å². The van der Waals surface area contributed by atoms with Gasteiger partial charge in [0.15, 0.2) is 0 Å². The Morgan fingerprint density at radius 1 is 1.18 bits per heavy atom. The van der Waals surface area contributed by atoms with E-state index in [1.54, 1.807) is 0 Å². The molecule has 0 aliphatic carbocycles. The Morgan fingerprint density at radius 2 is 1.73 bits per heavy atom. The van der Waals surface area contributed by atoms with Gasteiger partial charge in [-0.2, -0.15) is 0 Å². The largest absolute Gasteiger partial charge is 0.462 e. The number of hydrogen-bond donors (Lipinski definition) is 0. The molecule has 1 aliphatic rings. The van der Waals surface area contributed by atoms with Gasteiger partial charge in [-0.1, -0.05) is 26.3 Å². The number of ether oxygens (including phenoxy) is 1. The zero-order chi connectivity index (χ0) is 17.0. The zero-order valence-electron chi connectivity index (χ0n) is 14.8. The summed E-state index contributed by atoms with van der Waals surface area (Å²) in [4.78, 5) is 26.0. The first-order valence-electron chi connectivity index (χ1n) is 8.30. The van der Waals surface area contributed by atoms with Crippen LogP contribution in [0.4, 0.5) is 0 Å². The molecule has 1 amide bonds. The molecule has 0 aromatic carbocycles. The molecule has 0 aromatic heterocycles. The number of piperidine rings is 1. The number of carbonyl (C=O) groups is 2. The molecule has 1 heterocycles. The fourth-order valence-electron chi connectivity index (χ4n) is 3.72. The average Bonchev–Trinajstić information content (AvgIpc) is 2.35. The van der Waals surface area contributed by atoms with Crippen LogP contribution in [0.3, 0.4) is 0 Å². The van der Waals surface area contributed by atoms with Crippen molar-refractivity contribution in [3.63, 3.8) is 0 Å². The summed E-state index contributed by atoms with van der Waals surface area (Å²) in [6, 6.07) is 0. The predicted molar refractivity (Wildman–Crippen MR) is 88.5 cm³/mol. The number of likely N-dealkylation sites (tertiary alicyclic amines) is 1. The van der Waals surface area contributed by atoms with E-state index in [4.69, 9.17) is 4.74 Å². The highest BCUT2D eigenvalue weighted by atomic mass is 16.5. The fourth-order valence-corrected chi connectivity index (χ4v) is 3.72. The first kappa shape index (κ1) is 18.7. The molecule has 0 radical (unpaired) electrons. The van der Waals surface area contributed by atoms with Gasteiger partial charge < -0.3 is 9.64 Å². The van der Waals surface area contributed by atoms with Crippen molar-refractivity contribution < 1.29 is 14.3 Å². The second-order valence-corrected chi connectivity index (χ2v) is 7.48. The Morgan fingerprint density at radius 3 is 2.18 bits per heavy atom. The van der Waals surface area contributed by atoms with Crippen LogP contribution in [0.2, 0.25) is 0 Å². The van der Waals surface area contributed by atoms with Crippen molar-refractivity contribution in [2.24, 2.45) is 0 Å². The van der Waals surface area contributed by atoms with E-state index in [1.165, 1.54) is 6.08 Å². The van der Waals surface area contributed by atoms with Gasteiger partial charge in [-0.15, -0.1) is 0 Å². The van der Waals surface area contributed by atoms with Gasteiger partial charge in [0.25, 0.3) is 0 Å². The minimum Gasteiger partial charge on any atom is -0.462 e. The van der Waals surface area contributed by atoms with E-state index < -0.39 is 0 Å². The van der Waals surface area contributed by atoms with Gasteiger partial charge >= 0.3 is 5.97 Å². The van der Waals surface area contributed by atoms with Crippen LogP contribution in [-0.4, -0.2) is 34.0 Å². The van der Waals surface area contributed by atoms with E-state index in [0.717, 1.165) is 19.3 Å². The molecular weight excluding hydrogens is 278 g/mol. The van der Waals surface area contributed by atoms with Gasteiger partial charge in [0.2, 0.25) is 5.91 Å². The molecule has 1 saturated heterocycles. The van der Waals surface area contributed by atoms with Gasteiger partial charge in [-0.05, 0) is 40.2 Å². The molecule has 1 fully saturated rings. The van der Waals surface area contributed by atoms with Crippen LogP contribution < -0.4 is 0 Å². The third-order valence-corrected chi connectivity index (χ3v) is 4.34. The number of rotatable bonds is 6. The molecule has 4 heteroatoms. The third kappa shape index (κ3) is 4.59. The van der Waals surface area contributed by atoms with E-state index in [0.29, 0.717) is 19.3 Å². The predicted octanol–water partition coefficient (Wildman–Crippen LogP) is 3.84. The fraction of sp³-hybridized carbons (Fsp3) is 0.778. The maximum absolute atomic E-state index is 12.2. The number of nitrogens with zero attached hydrogens (tertiary/aromatic N) is 1. The van der Waals surface area contributed by atoms with Crippen molar-refractivity contribution in [1.82, 2.24) is 4.90 Å². The lowest BCUT2D eigenvalue weighted by molar-refractivity contribution is -0.165. The van der Waals surface area contributed by atoms with Crippen LogP contribution >= 0.6 is 0 Å². The minimum absolute atomic E-state index is 0.0669. The molecule has 4 nitrogen and oxygen atoms in total. The van der Waals surface area contributed by atoms with Gasteiger partial charge in [-0.3, -0.25) is 9.59 Å². The lowest BCUT2D eigenvalue weighted by atomic mass is 9.78. The summed E-state index contributed by atoms with van der Waals surface area (Å²) < 4.78 is 5.67. The molecule has 0 N–H and O–H groups in total. The van der Waals surface area contributed by atoms with Gasteiger partial charge in [0.1, 0.15) is 6.10 Å². The minimum atomic E-state index is -0.360. The standard InChI is InChI=1S/C18H31NO3/c1-7-9-10-11-16(21)22-14-12-17(3,4)19(15(20)8-2)18(5,6)13-14/h8,14H,2,7,9-13H2,1,3-6H3. The summed E-state index contributed by atoms with van der Waals surface area (Å²) in [5.74, 6) is -0.184. The Balaban J connectivity index is 2.74. The monoisotopic (exact) mass is 309 g/mol. The summed E-state index contributed by atoms with van der Waals surface area (Å²) in [6.07, 6.45) is 6.07. The average molecular weight is 309 g/mol. The Kier molecular flexibility index (Phi) is 6.21. The molecule has 0 bridgehead atoms. The van der Waals surface area contributed by atoms with Gasteiger partial charge in [0, 0.05) is 30.3 Å². The highest BCUT2D eigenvalue weighted by molar-refractivity contribution is 5.88. The van der Waals surface area contributed by atoms with Crippen LogP contribution in [0.5, 0.6) is 0 Å². The maximum Gasteiger partial charge on any atom is 0.306 e. The Labute approximate surface area is 134 Å². The lowest BCUT2D eigenvalue weighted by Crippen LogP contribution is -2.64. The van der Waals surface area contributed by atoms with Gasteiger partial charge in [-0.25, -0.2) is 0 Å². The first-order chi connectivity index (χ1) is 10.1. The second-order valence-electron chi connectivity index (χ2n) is 7.48. The molecule has 0 unspecified atom stereocenters. The first-order valence-corrected chi connectivity index (χ1v) is 8.30. The highest BCUT2D eigenvalue weighted by Crippen LogP contribution is 2.39. The summed E-state index contributed by atoms with van der Waals surface area (Å²) in [5.41, 5.74) is -0.719. The number of hydrogen-bond acceptors (Lipinski definition) is 3. The SMILES string of the molecule is C=CC(=O)N1C(C)(C)CC(OC(=O)CCCCC)CC1(C)C. The lowest BCUT2D eigenvalue weighted by Gasteiger charge is -2.54. The second kappa shape index (κ2) is 7.30. The summed E-state index contributed by atoms with van der Waals surface area (Å²) in [5, 5.41) is 0. The van der Waals surface area contributed by atoms with E-state index in [1.807, 2.05) is 32.6 Å². The smallest absolute Gasteiger partial charge is 0.306 e. The van der Waals surface area contributed by atoms with Crippen LogP contribution in [0.25, 0.3) is 0 Å². The summed E-state index contributed by atoms with van der Waals surface area (Å²) in [6.45, 7) is 13.8. The van der Waals surface area contributed by atoms with E-state index in [2.05, 4.69) is 13.5 Å². The Hall–Kier alpha value is -1.32. The molecule has 0 spiro atoms. The van der Waals surface area contributed by atoms with Gasteiger partial charge in [0.05, 0.1) is 0 Å². The van der Waals surface area contributed by atoms with Crippen LogP contribution in [-0.2, 0) is 14.3 Å².